The van der Waals surface area contributed by atoms with Gasteiger partial charge in [0, 0.05) is 19.6 Å². The summed E-state index contributed by atoms with van der Waals surface area (Å²) in [6.07, 6.45) is 7.98. The Labute approximate surface area is 134 Å². The Kier molecular flexibility index (Phi) is 6.63. The summed E-state index contributed by atoms with van der Waals surface area (Å²) < 4.78 is 0. The van der Waals surface area contributed by atoms with Gasteiger partial charge >= 0.3 is 0 Å². The molecule has 7 heteroatoms. The molecule has 2 heterocycles. The third kappa shape index (κ3) is 4.78. The monoisotopic (exact) mass is 328 g/mol. The van der Waals surface area contributed by atoms with Crippen LogP contribution >= 0.6 is 23.1 Å². The second kappa shape index (κ2) is 8.48. The molecule has 1 amide bonds. The molecule has 5 nitrogen and oxygen atoms in total. The lowest BCUT2D eigenvalue weighted by Gasteiger charge is -2.18. The molecule has 118 valence electrons. The predicted octanol–water partition coefficient (Wildman–Crippen LogP) is 2.59. The van der Waals surface area contributed by atoms with Gasteiger partial charge < -0.3 is 16.0 Å². The van der Waals surface area contributed by atoms with Gasteiger partial charge in [-0.3, -0.25) is 4.79 Å². The topological polar surface area (TPSA) is 71.2 Å². The fourth-order valence-corrected chi connectivity index (χ4v) is 3.77. The first-order valence-electron chi connectivity index (χ1n) is 7.50. The first-order valence-corrected chi connectivity index (χ1v) is 9.72. The number of anilines is 2. The van der Waals surface area contributed by atoms with Gasteiger partial charge in [0.1, 0.15) is 10.7 Å². The van der Waals surface area contributed by atoms with Crippen molar-refractivity contribution in [2.45, 2.75) is 32.1 Å². The zero-order valence-corrected chi connectivity index (χ0v) is 14.2. The number of thiazole rings is 1. The number of thioether (sulfide) groups is 1. The predicted molar refractivity (Wildman–Crippen MR) is 92.5 cm³/mol. The summed E-state index contributed by atoms with van der Waals surface area (Å²) >= 11 is 3.20. The summed E-state index contributed by atoms with van der Waals surface area (Å²) in [6.45, 7) is 2.72. The normalized spacial score (nSPS) is 15.8. The molecule has 0 bridgehead atoms. The number of carbonyl (C=O) groups excluding carboxylic acids is 1. The molecule has 0 radical (unpaired) electrons. The van der Waals surface area contributed by atoms with Crippen LogP contribution in [-0.2, 0) is 0 Å². The number of aromatic nitrogens is 1. The average Bonchev–Trinajstić information content (AvgIpc) is 2.70. The van der Waals surface area contributed by atoms with E-state index in [0.717, 1.165) is 30.4 Å². The number of nitrogen functional groups attached to an aromatic ring is 1. The maximum absolute atomic E-state index is 12.1. The van der Waals surface area contributed by atoms with Crippen LogP contribution in [0.3, 0.4) is 0 Å². The molecule has 1 aromatic heterocycles. The van der Waals surface area contributed by atoms with Crippen LogP contribution in [0.2, 0.25) is 0 Å². The molecule has 0 atom stereocenters. The second-order valence-electron chi connectivity index (χ2n) is 5.21. The van der Waals surface area contributed by atoms with Crippen LogP contribution in [-0.4, -0.2) is 42.5 Å². The van der Waals surface area contributed by atoms with Crippen LogP contribution in [0.1, 0.15) is 41.8 Å². The Morgan fingerprint density at radius 2 is 2.10 bits per heavy atom. The van der Waals surface area contributed by atoms with Crippen molar-refractivity contribution in [2.24, 2.45) is 0 Å². The molecule has 0 spiro atoms. The summed E-state index contributed by atoms with van der Waals surface area (Å²) in [5, 5.41) is 3.82. The van der Waals surface area contributed by atoms with Crippen LogP contribution in [0.4, 0.5) is 10.9 Å². The number of nitrogens with one attached hydrogen (secondary N) is 1. The Bertz CT molecular complexity index is 456. The van der Waals surface area contributed by atoms with Crippen molar-refractivity contribution in [3.05, 3.63) is 4.88 Å². The van der Waals surface area contributed by atoms with Gasteiger partial charge in [-0.25, -0.2) is 4.98 Å². The summed E-state index contributed by atoms with van der Waals surface area (Å²) in [6, 6.07) is 0. The number of amides is 1. The van der Waals surface area contributed by atoms with E-state index in [0.29, 0.717) is 17.2 Å². The van der Waals surface area contributed by atoms with E-state index < -0.39 is 0 Å². The third-order valence-corrected chi connectivity index (χ3v) is 5.36. The van der Waals surface area contributed by atoms with Crippen molar-refractivity contribution in [1.29, 1.82) is 0 Å². The molecule has 2 rings (SSSR count). The van der Waals surface area contributed by atoms with Crippen molar-refractivity contribution in [3.63, 3.8) is 0 Å². The van der Waals surface area contributed by atoms with Gasteiger partial charge in [-0.1, -0.05) is 24.2 Å². The van der Waals surface area contributed by atoms with Gasteiger partial charge in [0.15, 0.2) is 5.13 Å². The number of rotatable bonds is 6. The van der Waals surface area contributed by atoms with Gasteiger partial charge in [-0.2, -0.15) is 11.8 Å². The number of nitrogens with zero attached hydrogens (tertiary/aromatic N) is 2. The number of nitrogens with two attached hydrogens (primary N) is 1. The van der Waals surface area contributed by atoms with Crippen LogP contribution in [0.25, 0.3) is 0 Å². The fourth-order valence-electron chi connectivity index (χ4n) is 2.38. The minimum absolute atomic E-state index is 0.0906. The third-order valence-electron chi connectivity index (χ3n) is 3.54. The summed E-state index contributed by atoms with van der Waals surface area (Å²) in [4.78, 5) is 19.4. The molecule has 3 N–H and O–H groups in total. The maximum Gasteiger partial charge on any atom is 0.265 e. The molecular weight excluding hydrogens is 304 g/mol. The Morgan fingerprint density at radius 1 is 1.38 bits per heavy atom. The van der Waals surface area contributed by atoms with Crippen molar-refractivity contribution in [2.75, 3.05) is 42.3 Å². The Morgan fingerprint density at radius 3 is 2.76 bits per heavy atom. The van der Waals surface area contributed by atoms with Crippen LogP contribution < -0.4 is 16.0 Å². The molecule has 0 aromatic carbocycles. The summed E-state index contributed by atoms with van der Waals surface area (Å²) in [7, 11) is 0. The Balaban J connectivity index is 1.95. The van der Waals surface area contributed by atoms with E-state index in [1.165, 1.54) is 37.0 Å². The van der Waals surface area contributed by atoms with Crippen LogP contribution in [0.5, 0.6) is 0 Å². The van der Waals surface area contributed by atoms with Crippen LogP contribution in [0.15, 0.2) is 0 Å². The lowest BCUT2D eigenvalue weighted by molar-refractivity contribution is 0.0958. The largest absolute Gasteiger partial charge is 0.382 e. The van der Waals surface area contributed by atoms with Gasteiger partial charge in [0.25, 0.3) is 5.91 Å². The standard InChI is InChI=1S/C14H24N4OS2/c1-20-10-6-7-16-13(19)11-12(15)17-14(21-11)18-8-4-2-3-5-9-18/h2-10,15H2,1H3,(H,16,19). The first-order chi connectivity index (χ1) is 10.2. The van der Waals surface area contributed by atoms with E-state index in [4.69, 9.17) is 5.73 Å². The quantitative estimate of drug-likeness (QED) is 0.785. The highest BCUT2D eigenvalue weighted by molar-refractivity contribution is 7.98. The molecule has 1 fully saturated rings. The first kappa shape index (κ1) is 16.4. The van der Waals surface area contributed by atoms with Crippen molar-refractivity contribution in [3.8, 4) is 0 Å². The van der Waals surface area contributed by atoms with E-state index in [1.54, 1.807) is 11.8 Å². The van der Waals surface area contributed by atoms with E-state index >= 15 is 0 Å². The number of hydrogen-bond acceptors (Lipinski definition) is 6. The minimum Gasteiger partial charge on any atom is -0.382 e. The van der Waals surface area contributed by atoms with E-state index in [2.05, 4.69) is 21.5 Å². The van der Waals surface area contributed by atoms with E-state index in [-0.39, 0.29) is 5.91 Å². The molecular formula is C14H24N4OS2. The van der Waals surface area contributed by atoms with Crippen molar-refractivity contribution in [1.82, 2.24) is 10.3 Å². The summed E-state index contributed by atoms with van der Waals surface area (Å²) in [5.41, 5.74) is 5.93. The van der Waals surface area contributed by atoms with Gasteiger partial charge in [-0.05, 0) is 31.3 Å². The molecule has 1 aromatic rings. The molecule has 0 saturated carbocycles. The van der Waals surface area contributed by atoms with Gasteiger partial charge in [0.05, 0.1) is 0 Å². The lowest BCUT2D eigenvalue weighted by atomic mass is 10.2. The fraction of sp³-hybridized carbons (Fsp3) is 0.714. The van der Waals surface area contributed by atoms with Gasteiger partial charge in [-0.15, -0.1) is 0 Å². The highest BCUT2D eigenvalue weighted by atomic mass is 32.2. The van der Waals surface area contributed by atoms with E-state index in [9.17, 15) is 4.79 Å². The van der Waals surface area contributed by atoms with Crippen molar-refractivity contribution < 1.29 is 4.79 Å². The zero-order valence-electron chi connectivity index (χ0n) is 12.6. The molecule has 1 aliphatic rings. The maximum atomic E-state index is 12.1. The second-order valence-corrected chi connectivity index (χ2v) is 7.18. The molecule has 1 saturated heterocycles. The smallest absolute Gasteiger partial charge is 0.265 e. The average molecular weight is 329 g/mol. The molecule has 0 unspecified atom stereocenters. The van der Waals surface area contributed by atoms with E-state index in [1.807, 2.05) is 0 Å². The lowest BCUT2D eigenvalue weighted by Crippen LogP contribution is -2.24. The summed E-state index contributed by atoms with van der Waals surface area (Å²) in [5.74, 6) is 1.33. The Hall–Kier alpha value is -0.950. The SMILES string of the molecule is CSCCCNC(=O)c1sc(N2CCCCCC2)nc1N. The van der Waals surface area contributed by atoms with Gasteiger partial charge in [0.2, 0.25) is 0 Å². The molecule has 21 heavy (non-hydrogen) atoms. The van der Waals surface area contributed by atoms with Crippen molar-refractivity contribution >= 4 is 40.0 Å². The highest BCUT2D eigenvalue weighted by Crippen LogP contribution is 2.29. The minimum atomic E-state index is -0.0906. The number of carbonyl (C=O) groups is 1. The highest BCUT2D eigenvalue weighted by Gasteiger charge is 2.20. The van der Waals surface area contributed by atoms with Crippen LogP contribution in [0, 0.1) is 0 Å². The molecule has 1 aliphatic heterocycles. The zero-order chi connectivity index (χ0) is 15.1. The molecule has 0 aliphatic carbocycles. The number of hydrogen-bond donors (Lipinski definition) is 2.